The molecule has 0 aliphatic carbocycles. The molecule has 1 aromatic heterocycles. The number of nitrogens with zero attached hydrogens (tertiary/aromatic N) is 1. The van der Waals surface area contributed by atoms with Gasteiger partial charge in [0.1, 0.15) is 0 Å². The van der Waals surface area contributed by atoms with Gasteiger partial charge in [-0.25, -0.2) is 4.98 Å². The topological polar surface area (TPSA) is 42.0 Å². The van der Waals surface area contributed by atoms with Gasteiger partial charge in [0.15, 0.2) is 5.13 Å². The molecule has 0 spiro atoms. The van der Waals surface area contributed by atoms with Gasteiger partial charge in [-0.05, 0) is 42.8 Å². The number of nitrogens with one attached hydrogen (secondary N) is 1. The van der Waals surface area contributed by atoms with Gasteiger partial charge in [0.05, 0.1) is 5.69 Å². The van der Waals surface area contributed by atoms with Crippen molar-refractivity contribution in [1.82, 2.24) is 4.98 Å². The average molecular weight is 389 g/mol. The molecule has 126 valence electrons. The van der Waals surface area contributed by atoms with Crippen LogP contribution >= 0.6 is 34.5 Å². The highest BCUT2D eigenvalue weighted by molar-refractivity contribution is 7.16. The fraction of sp³-hybridized carbons (Fsp3) is 0.0526. The molecule has 0 saturated heterocycles. The number of thiazole rings is 1. The molecule has 6 heteroatoms. The van der Waals surface area contributed by atoms with Gasteiger partial charge >= 0.3 is 0 Å². The van der Waals surface area contributed by atoms with Crippen molar-refractivity contribution in [3.05, 3.63) is 75.1 Å². The fourth-order valence-electron chi connectivity index (χ4n) is 2.25. The van der Waals surface area contributed by atoms with Crippen LogP contribution in [0.25, 0.3) is 17.3 Å². The molecule has 0 aliphatic rings. The summed E-state index contributed by atoms with van der Waals surface area (Å²) >= 11 is 13.3. The number of carbonyl (C=O) groups is 1. The van der Waals surface area contributed by atoms with Gasteiger partial charge in [-0.1, -0.05) is 47.5 Å². The number of aromatic nitrogens is 1. The molecule has 0 saturated carbocycles. The Labute approximate surface area is 159 Å². The van der Waals surface area contributed by atoms with Gasteiger partial charge in [-0.15, -0.1) is 11.3 Å². The Hall–Kier alpha value is -2.14. The number of hydrogen-bond acceptors (Lipinski definition) is 3. The molecule has 25 heavy (non-hydrogen) atoms. The zero-order valence-electron chi connectivity index (χ0n) is 13.3. The normalized spacial score (nSPS) is 11.0. The maximum Gasteiger partial charge on any atom is 0.250 e. The van der Waals surface area contributed by atoms with E-state index in [2.05, 4.69) is 10.3 Å². The maximum atomic E-state index is 12.1. The second-order valence-electron chi connectivity index (χ2n) is 5.31. The number of aryl methyl sites for hydroxylation is 1. The van der Waals surface area contributed by atoms with E-state index >= 15 is 0 Å². The van der Waals surface area contributed by atoms with Crippen LogP contribution in [0, 0.1) is 6.92 Å². The third kappa shape index (κ3) is 4.69. The summed E-state index contributed by atoms with van der Waals surface area (Å²) in [5, 5.41) is 4.66. The largest absolute Gasteiger partial charge is 0.298 e. The van der Waals surface area contributed by atoms with Crippen molar-refractivity contribution in [3.8, 4) is 11.3 Å². The number of anilines is 1. The Morgan fingerprint density at radius 1 is 1.12 bits per heavy atom. The van der Waals surface area contributed by atoms with E-state index in [-0.39, 0.29) is 5.91 Å². The van der Waals surface area contributed by atoms with E-state index in [4.69, 9.17) is 23.2 Å². The SMILES string of the molecule is Cc1sc(NC(=O)C=Cc2cccc(Cl)c2)nc1-c1ccc(Cl)cc1. The molecule has 1 N–H and O–H groups in total. The van der Waals surface area contributed by atoms with E-state index in [1.807, 2.05) is 43.3 Å². The van der Waals surface area contributed by atoms with E-state index in [0.29, 0.717) is 15.2 Å². The van der Waals surface area contributed by atoms with Gasteiger partial charge < -0.3 is 0 Å². The molecule has 0 bridgehead atoms. The second kappa shape index (κ2) is 7.83. The lowest BCUT2D eigenvalue weighted by Crippen LogP contribution is -2.07. The van der Waals surface area contributed by atoms with Crippen LogP contribution in [0.15, 0.2) is 54.6 Å². The van der Waals surface area contributed by atoms with Gasteiger partial charge in [0.2, 0.25) is 5.91 Å². The first-order valence-electron chi connectivity index (χ1n) is 7.49. The minimum absolute atomic E-state index is 0.239. The third-order valence-electron chi connectivity index (χ3n) is 3.42. The smallest absolute Gasteiger partial charge is 0.250 e. The lowest BCUT2D eigenvalue weighted by Gasteiger charge is -1.99. The van der Waals surface area contributed by atoms with E-state index < -0.39 is 0 Å². The summed E-state index contributed by atoms with van der Waals surface area (Å²) in [7, 11) is 0. The van der Waals surface area contributed by atoms with Crippen molar-refractivity contribution in [1.29, 1.82) is 0 Å². The van der Waals surface area contributed by atoms with Crippen molar-refractivity contribution < 1.29 is 4.79 Å². The molecule has 1 heterocycles. The Morgan fingerprint density at radius 3 is 2.60 bits per heavy atom. The maximum absolute atomic E-state index is 12.1. The van der Waals surface area contributed by atoms with Crippen LogP contribution in [-0.2, 0) is 4.79 Å². The first kappa shape index (κ1) is 17.7. The molecule has 2 aromatic carbocycles. The molecular weight excluding hydrogens is 375 g/mol. The molecule has 3 nitrogen and oxygen atoms in total. The minimum atomic E-state index is -0.239. The molecule has 0 atom stereocenters. The summed E-state index contributed by atoms with van der Waals surface area (Å²) in [6.07, 6.45) is 3.17. The third-order valence-corrected chi connectivity index (χ3v) is 4.79. The van der Waals surface area contributed by atoms with Crippen LogP contribution in [0.3, 0.4) is 0 Å². The summed E-state index contributed by atoms with van der Waals surface area (Å²) in [4.78, 5) is 17.6. The summed E-state index contributed by atoms with van der Waals surface area (Å²) in [6.45, 7) is 1.97. The number of amides is 1. The van der Waals surface area contributed by atoms with E-state index in [9.17, 15) is 4.79 Å². The number of rotatable bonds is 4. The first-order valence-corrected chi connectivity index (χ1v) is 9.06. The van der Waals surface area contributed by atoms with Crippen LogP contribution in [0.5, 0.6) is 0 Å². The van der Waals surface area contributed by atoms with Crippen molar-refractivity contribution in [2.75, 3.05) is 5.32 Å². The standard InChI is InChI=1S/C19H14Cl2N2OS/c1-12-18(14-6-8-15(20)9-7-14)23-19(25-12)22-17(24)10-5-13-3-2-4-16(21)11-13/h2-11H,1H3,(H,22,23,24). The van der Waals surface area contributed by atoms with Crippen LogP contribution in [0.1, 0.15) is 10.4 Å². The highest BCUT2D eigenvalue weighted by atomic mass is 35.5. The predicted molar refractivity (Wildman–Crippen MR) is 106 cm³/mol. The molecule has 0 aliphatic heterocycles. The summed E-state index contributed by atoms with van der Waals surface area (Å²) in [5.74, 6) is -0.239. The highest BCUT2D eigenvalue weighted by Gasteiger charge is 2.11. The van der Waals surface area contributed by atoms with Crippen LogP contribution in [-0.4, -0.2) is 10.9 Å². The van der Waals surface area contributed by atoms with Crippen LogP contribution in [0.4, 0.5) is 5.13 Å². The summed E-state index contributed by atoms with van der Waals surface area (Å²) < 4.78 is 0. The summed E-state index contributed by atoms with van der Waals surface area (Å²) in [5.41, 5.74) is 2.67. The zero-order valence-corrected chi connectivity index (χ0v) is 15.6. The fourth-order valence-corrected chi connectivity index (χ4v) is 3.42. The Morgan fingerprint density at radius 2 is 1.88 bits per heavy atom. The minimum Gasteiger partial charge on any atom is -0.298 e. The van der Waals surface area contributed by atoms with Crippen LogP contribution in [0.2, 0.25) is 10.0 Å². The monoisotopic (exact) mass is 388 g/mol. The quantitative estimate of drug-likeness (QED) is 0.550. The number of carbonyl (C=O) groups excluding carboxylic acids is 1. The van der Waals surface area contributed by atoms with Crippen molar-refractivity contribution in [2.24, 2.45) is 0 Å². The molecule has 0 fully saturated rings. The zero-order chi connectivity index (χ0) is 17.8. The van der Waals surface area contributed by atoms with Crippen molar-refractivity contribution in [2.45, 2.75) is 6.92 Å². The molecule has 0 radical (unpaired) electrons. The van der Waals surface area contributed by atoms with Crippen molar-refractivity contribution >= 4 is 51.7 Å². The van der Waals surface area contributed by atoms with Gasteiger partial charge in [0, 0.05) is 26.6 Å². The molecular formula is C19H14Cl2N2OS. The van der Waals surface area contributed by atoms with E-state index in [0.717, 1.165) is 21.7 Å². The molecule has 1 amide bonds. The molecule has 3 aromatic rings. The van der Waals surface area contributed by atoms with Crippen LogP contribution < -0.4 is 5.32 Å². The van der Waals surface area contributed by atoms with E-state index in [1.165, 1.54) is 17.4 Å². The average Bonchev–Trinajstić information content (AvgIpc) is 2.94. The first-order chi connectivity index (χ1) is 12.0. The van der Waals surface area contributed by atoms with Gasteiger partial charge in [-0.3, -0.25) is 10.1 Å². The highest BCUT2D eigenvalue weighted by Crippen LogP contribution is 2.31. The second-order valence-corrected chi connectivity index (χ2v) is 7.38. The van der Waals surface area contributed by atoms with Gasteiger partial charge in [-0.2, -0.15) is 0 Å². The van der Waals surface area contributed by atoms with Crippen molar-refractivity contribution in [3.63, 3.8) is 0 Å². The number of halogens is 2. The lowest BCUT2D eigenvalue weighted by molar-refractivity contribution is -0.111. The molecule has 3 rings (SSSR count). The number of benzene rings is 2. The lowest BCUT2D eigenvalue weighted by atomic mass is 10.1. The number of hydrogen-bond donors (Lipinski definition) is 1. The summed E-state index contributed by atoms with van der Waals surface area (Å²) in [6, 6.07) is 14.8. The van der Waals surface area contributed by atoms with Gasteiger partial charge in [0.25, 0.3) is 0 Å². The molecule has 0 unspecified atom stereocenters. The Balaban J connectivity index is 1.72. The Bertz CT molecular complexity index is 933. The predicted octanol–water partition coefficient (Wildman–Crippen LogP) is 6.08. The van der Waals surface area contributed by atoms with E-state index in [1.54, 1.807) is 18.2 Å². The Kier molecular flexibility index (Phi) is 5.53.